The molecule has 0 saturated heterocycles. The number of anilines is 1. The average Bonchev–Trinajstić information content (AvgIpc) is 3.23. The standard InChI is InChI=1S/C22H26FN5O2/c1-28(22(29)25-19-10-11-21(30-2)24-15-19)12-5-3-4-9-18-14-20(27-26-18)16-7-6-8-17(23)13-16/h6-8,10-11,13-15H,3-5,9,12H2,1-2H3,(H,25,29)(H,26,27). The summed E-state index contributed by atoms with van der Waals surface area (Å²) in [6, 6.07) is 11.6. The molecular formula is C22H26FN5O2. The summed E-state index contributed by atoms with van der Waals surface area (Å²) < 4.78 is 18.3. The Hall–Kier alpha value is -3.42. The van der Waals surface area contributed by atoms with Crippen molar-refractivity contribution in [3.05, 3.63) is 60.2 Å². The second kappa shape index (κ2) is 10.4. The lowest BCUT2D eigenvalue weighted by atomic mass is 10.1. The third kappa shape index (κ3) is 6.04. The minimum absolute atomic E-state index is 0.171. The third-order valence-electron chi connectivity index (χ3n) is 4.73. The monoisotopic (exact) mass is 411 g/mol. The number of hydrogen-bond acceptors (Lipinski definition) is 4. The molecule has 2 aromatic heterocycles. The van der Waals surface area contributed by atoms with Gasteiger partial charge >= 0.3 is 6.03 Å². The molecule has 2 N–H and O–H groups in total. The zero-order valence-electron chi connectivity index (χ0n) is 17.2. The molecule has 3 aromatic rings. The van der Waals surface area contributed by atoms with E-state index in [1.54, 1.807) is 43.5 Å². The zero-order valence-corrected chi connectivity index (χ0v) is 17.2. The highest BCUT2D eigenvalue weighted by atomic mass is 19.1. The number of aromatic nitrogens is 3. The van der Waals surface area contributed by atoms with E-state index >= 15 is 0 Å². The van der Waals surface area contributed by atoms with Gasteiger partial charge in [0.1, 0.15) is 5.82 Å². The van der Waals surface area contributed by atoms with Gasteiger partial charge in [0.15, 0.2) is 0 Å². The first-order chi connectivity index (χ1) is 14.5. The van der Waals surface area contributed by atoms with Gasteiger partial charge in [0.05, 0.1) is 24.7 Å². The maximum atomic E-state index is 13.3. The Labute approximate surface area is 175 Å². The van der Waals surface area contributed by atoms with Crippen LogP contribution in [-0.2, 0) is 6.42 Å². The quantitative estimate of drug-likeness (QED) is 0.508. The van der Waals surface area contributed by atoms with Crippen molar-refractivity contribution < 1.29 is 13.9 Å². The first kappa shape index (κ1) is 21.3. The Morgan fingerprint density at radius 2 is 2.07 bits per heavy atom. The number of nitrogens with one attached hydrogen (secondary N) is 2. The zero-order chi connectivity index (χ0) is 21.3. The van der Waals surface area contributed by atoms with Crippen molar-refractivity contribution in [3.63, 3.8) is 0 Å². The Balaban J connectivity index is 1.36. The molecule has 0 bridgehead atoms. The van der Waals surface area contributed by atoms with Crippen LogP contribution in [0.4, 0.5) is 14.9 Å². The molecule has 2 amide bonds. The van der Waals surface area contributed by atoms with E-state index in [1.165, 1.54) is 12.1 Å². The van der Waals surface area contributed by atoms with E-state index in [9.17, 15) is 9.18 Å². The summed E-state index contributed by atoms with van der Waals surface area (Å²) in [4.78, 5) is 18.0. The van der Waals surface area contributed by atoms with E-state index in [2.05, 4.69) is 20.5 Å². The minimum Gasteiger partial charge on any atom is -0.481 e. The average molecular weight is 411 g/mol. The number of halogens is 1. The molecule has 0 aliphatic rings. The van der Waals surface area contributed by atoms with Gasteiger partial charge in [-0.1, -0.05) is 18.6 Å². The lowest BCUT2D eigenvalue weighted by Crippen LogP contribution is -2.32. The van der Waals surface area contributed by atoms with Crippen LogP contribution in [0, 0.1) is 5.82 Å². The van der Waals surface area contributed by atoms with Crippen LogP contribution in [0.5, 0.6) is 5.88 Å². The van der Waals surface area contributed by atoms with Crippen molar-refractivity contribution in [2.45, 2.75) is 25.7 Å². The Bertz CT molecular complexity index is 958. The Morgan fingerprint density at radius 3 is 2.80 bits per heavy atom. The number of nitrogens with zero attached hydrogens (tertiary/aromatic N) is 3. The summed E-state index contributed by atoms with van der Waals surface area (Å²) in [7, 11) is 3.32. The molecule has 0 atom stereocenters. The molecule has 0 aliphatic carbocycles. The van der Waals surface area contributed by atoms with Crippen LogP contribution in [0.1, 0.15) is 25.0 Å². The number of aryl methyl sites for hydroxylation is 1. The molecular weight excluding hydrogens is 385 g/mol. The van der Waals surface area contributed by atoms with Crippen LogP contribution in [-0.4, -0.2) is 46.8 Å². The summed E-state index contributed by atoms with van der Waals surface area (Å²) in [6.45, 7) is 0.660. The fourth-order valence-corrected chi connectivity index (χ4v) is 3.02. The fourth-order valence-electron chi connectivity index (χ4n) is 3.02. The number of aromatic amines is 1. The predicted octanol–water partition coefficient (Wildman–Crippen LogP) is 4.50. The number of pyridine rings is 1. The first-order valence-electron chi connectivity index (χ1n) is 9.87. The summed E-state index contributed by atoms with van der Waals surface area (Å²) in [5.74, 6) is 0.232. The fraction of sp³-hybridized carbons (Fsp3) is 0.318. The van der Waals surface area contributed by atoms with E-state index in [0.29, 0.717) is 18.1 Å². The van der Waals surface area contributed by atoms with Gasteiger partial charge in [-0.05, 0) is 43.5 Å². The summed E-state index contributed by atoms with van der Waals surface area (Å²) >= 11 is 0. The van der Waals surface area contributed by atoms with Crippen molar-refractivity contribution in [2.75, 3.05) is 26.0 Å². The SMILES string of the molecule is COc1ccc(NC(=O)N(C)CCCCCc2cc(-c3cccc(F)c3)n[nH]2)cn1. The van der Waals surface area contributed by atoms with E-state index in [1.807, 2.05) is 12.1 Å². The van der Waals surface area contributed by atoms with Crippen molar-refractivity contribution >= 4 is 11.7 Å². The molecule has 7 nitrogen and oxygen atoms in total. The maximum Gasteiger partial charge on any atom is 0.321 e. The van der Waals surface area contributed by atoms with Crippen molar-refractivity contribution in [2.24, 2.45) is 0 Å². The first-order valence-corrected chi connectivity index (χ1v) is 9.87. The number of urea groups is 1. The summed E-state index contributed by atoms with van der Waals surface area (Å²) in [5, 5.41) is 10.1. The van der Waals surface area contributed by atoms with Gasteiger partial charge in [0.25, 0.3) is 0 Å². The molecule has 0 fully saturated rings. The third-order valence-corrected chi connectivity index (χ3v) is 4.73. The molecule has 0 unspecified atom stereocenters. The van der Waals surface area contributed by atoms with Gasteiger partial charge < -0.3 is 15.0 Å². The molecule has 0 aliphatic heterocycles. The highest BCUT2D eigenvalue weighted by molar-refractivity contribution is 5.88. The predicted molar refractivity (Wildman–Crippen MR) is 114 cm³/mol. The minimum atomic E-state index is -0.270. The number of methoxy groups -OCH3 is 1. The number of rotatable bonds is 9. The molecule has 158 valence electrons. The molecule has 0 radical (unpaired) electrons. The molecule has 3 rings (SSSR count). The number of benzene rings is 1. The molecule has 0 saturated carbocycles. The lowest BCUT2D eigenvalue weighted by Gasteiger charge is -2.17. The Kier molecular flexibility index (Phi) is 7.37. The van der Waals surface area contributed by atoms with Crippen molar-refractivity contribution in [1.29, 1.82) is 0 Å². The van der Waals surface area contributed by atoms with Crippen LogP contribution in [0.15, 0.2) is 48.7 Å². The van der Waals surface area contributed by atoms with Crippen LogP contribution < -0.4 is 10.1 Å². The second-order valence-corrected chi connectivity index (χ2v) is 7.04. The number of hydrogen-bond donors (Lipinski definition) is 2. The van der Waals surface area contributed by atoms with E-state index in [0.717, 1.165) is 42.6 Å². The lowest BCUT2D eigenvalue weighted by molar-refractivity contribution is 0.221. The summed E-state index contributed by atoms with van der Waals surface area (Å²) in [6.07, 6.45) is 5.27. The van der Waals surface area contributed by atoms with Crippen LogP contribution in [0.3, 0.4) is 0 Å². The smallest absolute Gasteiger partial charge is 0.321 e. The van der Waals surface area contributed by atoms with E-state index in [-0.39, 0.29) is 11.8 Å². The topological polar surface area (TPSA) is 83.1 Å². The number of carbonyl (C=O) groups is 1. The van der Waals surface area contributed by atoms with Crippen molar-refractivity contribution in [1.82, 2.24) is 20.1 Å². The molecule has 0 spiro atoms. The van der Waals surface area contributed by atoms with Crippen molar-refractivity contribution in [3.8, 4) is 17.1 Å². The van der Waals surface area contributed by atoms with Gasteiger partial charge in [-0.2, -0.15) is 5.10 Å². The van der Waals surface area contributed by atoms with Gasteiger partial charge in [0, 0.05) is 30.9 Å². The van der Waals surface area contributed by atoms with Gasteiger partial charge in [-0.3, -0.25) is 5.10 Å². The number of carbonyl (C=O) groups excluding carboxylic acids is 1. The van der Waals surface area contributed by atoms with Gasteiger partial charge in [-0.15, -0.1) is 0 Å². The highest BCUT2D eigenvalue weighted by Crippen LogP contribution is 2.19. The molecule has 8 heteroatoms. The molecule has 2 heterocycles. The number of H-pyrrole nitrogens is 1. The summed E-state index contributed by atoms with van der Waals surface area (Å²) in [5.41, 5.74) is 3.15. The van der Waals surface area contributed by atoms with Gasteiger partial charge in [0.2, 0.25) is 5.88 Å². The number of amides is 2. The van der Waals surface area contributed by atoms with Gasteiger partial charge in [-0.25, -0.2) is 14.2 Å². The van der Waals surface area contributed by atoms with Crippen LogP contribution in [0.2, 0.25) is 0 Å². The normalized spacial score (nSPS) is 10.6. The molecule has 1 aromatic carbocycles. The van der Waals surface area contributed by atoms with E-state index in [4.69, 9.17) is 4.74 Å². The highest BCUT2D eigenvalue weighted by Gasteiger charge is 2.09. The molecule has 30 heavy (non-hydrogen) atoms. The number of ether oxygens (including phenoxy) is 1. The Morgan fingerprint density at radius 1 is 1.20 bits per heavy atom. The van der Waals surface area contributed by atoms with Crippen LogP contribution >= 0.6 is 0 Å². The number of unbranched alkanes of at least 4 members (excludes halogenated alkanes) is 2. The van der Waals surface area contributed by atoms with Crippen LogP contribution in [0.25, 0.3) is 11.3 Å². The largest absolute Gasteiger partial charge is 0.481 e. The maximum absolute atomic E-state index is 13.3. The van der Waals surface area contributed by atoms with E-state index < -0.39 is 0 Å². The second-order valence-electron chi connectivity index (χ2n) is 7.04.